The van der Waals surface area contributed by atoms with Crippen LogP contribution in [0, 0.1) is 6.92 Å². The zero-order valence-electron chi connectivity index (χ0n) is 15.5. The fraction of sp³-hybridized carbons (Fsp3) is 0.500. The van der Waals surface area contributed by atoms with Crippen molar-refractivity contribution in [3.8, 4) is 11.3 Å². The maximum absolute atomic E-state index is 13.8. The van der Waals surface area contributed by atoms with E-state index in [1.807, 2.05) is 40.7 Å². The number of hydrogen-bond acceptors (Lipinski definition) is 2. The SMILES string of the molecule is CCCCN1Cn2c(nc(C)c2-c2ccc(CC(C)(C)F)cc2)C1=O. The summed E-state index contributed by atoms with van der Waals surface area (Å²) in [4.78, 5) is 18.9. The predicted molar refractivity (Wildman–Crippen MR) is 97.2 cm³/mol. The van der Waals surface area contributed by atoms with Gasteiger partial charge in [0, 0.05) is 18.5 Å². The minimum atomic E-state index is -1.22. The Morgan fingerprint density at radius 1 is 1.24 bits per heavy atom. The molecule has 1 aliphatic rings. The molecule has 0 fully saturated rings. The number of imidazole rings is 1. The van der Waals surface area contributed by atoms with Gasteiger partial charge in [-0.25, -0.2) is 9.37 Å². The van der Waals surface area contributed by atoms with E-state index >= 15 is 0 Å². The molecule has 4 nitrogen and oxygen atoms in total. The molecule has 3 rings (SSSR count). The van der Waals surface area contributed by atoms with Crippen molar-refractivity contribution in [1.29, 1.82) is 0 Å². The Labute approximate surface area is 148 Å². The van der Waals surface area contributed by atoms with Crippen molar-refractivity contribution in [2.75, 3.05) is 6.54 Å². The lowest BCUT2D eigenvalue weighted by molar-refractivity contribution is 0.0763. The van der Waals surface area contributed by atoms with Crippen LogP contribution >= 0.6 is 0 Å². The van der Waals surface area contributed by atoms with Crippen molar-refractivity contribution in [2.24, 2.45) is 0 Å². The van der Waals surface area contributed by atoms with Gasteiger partial charge in [0.05, 0.1) is 18.1 Å². The molecule has 2 aromatic rings. The van der Waals surface area contributed by atoms with Crippen LogP contribution in [0.2, 0.25) is 0 Å². The first kappa shape index (κ1) is 17.6. The Hall–Kier alpha value is -2.17. The van der Waals surface area contributed by atoms with Crippen LogP contribution in [0.5, 0.6) is 0 Å². The topological polar surface area (TPSA) is 38.1 Å². The van der Waals surface area contributed by atoms with Gasteiger partial charge in [0.2, 0.25) is 5.82 Å². The van der Waals surface area contributed by atoms with Crippen molar-refractivity contribution in [3.63, 3.8) is 0 Å². The number of fused-ring (bicyclic) bond motifs is 1. The van der Waals surface area contributed by atoms with Gasteiger partial charge in [0.25, 0.3) is 5.91 Å². The van der Waals surface area contributed by atoms with E-state index in [9.17, 15) is 9.18 Å². The van der Waals surface area contributed by atoms with Crippen molar-refractivity contribution < 1.29 is 9.18 Å². The summed E-state index contributed by atoms with van der Waals surface area (Å²) in [6, 6.07) is 7.92. The molecule has 0 N–H and O–H groups in total. The molecule has 1 aliphatic heterocycles. The summed E-state index contributed by atoms with van der Waals surface area (Å²) in [5.74, 6) is 0.538. The van der Waals surface area contributed by atoms with Crippen LogP contribution in [0.4, 0.5) is 4.39 Å². The fourth-order valence-corrected chi connectivity index (χ4v) is 3.40. The Morgan fingerprint density at radius 2 is 1.92 bits per heavy atom. The summed E-state index contributed by atoms with van der Waals surface area (Å²) in [6.07, 6.45) is 2.45. The molecule has 0 aliphatic carbocycles. The number of rotatable bonds is 6. The zero-order chi connectivity index (χ0) is 18.2. The number of benzene rings is 1. The molecule has 134 valence electrons. The highest BCUT2D eigenvalue weighted by Crippen LogP contribution is 2.30. The van der Waals surface area contributed by atoms with E-state index in [1.165, 1.54) is 0 Å². The largest absolute Gasteiger partial charge is 0.318 e. The molecular formula is C20H26FN3O. The van der Waals surface area contributed by atoms with Gasteiger partial charge in [0.1, 0.15) is 5.67 Å². The third-order valence-corrected chi connectivity index (χ3v) is 4.57. The average molecular weight is 343 g/mol. The summed E-state index contributed by atoms with van der Waals surface area (Å²) in [6.45, 7) is 8.56. The van der Waals surface area contributed by atoms with Crippen LogP contribution in [-0.2, 0) is 13.1 Å². The number of unbranched alkanes of at least 4 members (excludes halogenated alkanes) is 1. The molecule has 2 heterocycles. The first-order valence-electron chi connectivity index (χ1n) is 8.95. The van der Waals surface area contributed by atoms with Gasteiger partial charge < -0.3 is 9.47 Å². The third-order valence-electron chi connectivity index (χ3n) is 4.57. The van der Waals surface area contributed by atoms with Gasteiger partial charge in [-0.15, -0.1) is 0 Å². The Balaban J connectivity index is 1.88. The molecule has 1 aromatic carbocycles. The highest BCUT2D eigenvalue weighted by Gasteiger charge is 2.32. The summed E-state index contributed by atoms with van der Waals surface area (Å²) in [7, 11) is 0. The molecule has 25 heavy (non-hydrogen) atoms. The summed E-state index contributed by atoms with van der Waals surface area (Å²) in [5.41, 5.74) is 2.60. The van der Waals surface area contributed by atoms with Gasteiger partial charge in [0.15, 0.2) is 0 Å². The molecule has 1 aromatic heterocycles. The first-order chi connectivity index (χ1) is 11.8. The van der Waals surface area contributed by atoms with Gasteiger partial charge in [-0.2, -0.15) is 0 Å². The number of carbonyl (C=O) groups is 1. The molecule has 1 amide bonds. The van der Waals surface area contributed by atoms with Crippen LogP contribution in [0.3, 0.4) is 0 Å². The van der Waals surface area contributed by atoms with Gasteiger partial charge in [-0.05, 0) is 32.8 Å². The quantitative estimate of drug-likeness (QED) is 0.781. The highest BCUT2D eigenvalue weighted by molar-refractivity contribution is 5.94. The standard InChI is InChI=1S/C20H26FN3O/c1-5-6-11-23-13-24-17(14(2)22-18(24)19(23)25)16-9-7-15(8-10-16)12-20(3,4)21/h7-10H,5-6,11-13H2,1-4H3. The molecule has 0 atom stereocenters. The number of aromatic nitrogens is 2. The van der Waals surface area contributed by atoms with Crippen molar-refractivity contribution in [2.45, 2.75) is 59.3 Å². The summed E-state index contributed by atoms with van der Waals surface area (Å²) < 4.78 is 15.8. The molecule has 0 bridgehead atoms. The summed E-state index contributed by atoms with van der Waals surface area (Å²) >= 11 is 0. The maximum Gasteiger partial charge on any atom is 0.291 e. The number of aryl methyl sites for hydroxylation is 1. The van der Waals surface area contributed by atoms with Crippen LogP contribution in [0.15, 0.2) is 24.3 Å². The number of hydrogen-bond donors (Lipinski definition) is 0. The van der Waals surface area contributed by atoms with E-state index in [-0.39, 0.29) is 5.91 Å². The molecule has 5 heteroatoms. The molecule has 0 unspecified atom stereocenters. The molecule has 0 radical (unpaired) electrons. The molecule has 0 spiro atoms. The smallest absolute Gasteiger partial charge is 0.291 e. The van der Waals surface area contributed by atoms with E-state index in [4.69, 9.17) is 0 Å². The monoisotopic (exact) mass is 343 g/mol. The van der Waals surface area contributed by atoms with Crippen molar-refractivity contribution in [1.82, 2.24) is 14.5 Å². The van der Waals surface area contributed by atoms with Crippen LogP contribution < -0.4 is 0 Å². The fourth-order valence-electron chi connectivity index (χ4n) is 3.40. The van der Waals surface area contributed by atoms with Gasteiger partial charge in [-0.1, -0.05) is 37.6 Å². The van der Waals surface area contributed by atoms with Crippen LogP contribution in [0.25, 0.3) is 11.3 Å². The number of carbonyl (C=O) groups excluding carboxylic acids is 1. The van der Waals surface area contributed by atoms with Crippen LogP contribution in [-0.4, -0.2) is 32.6 Å². The zero-order valence-corrected chi connectivity index (χ0v) is 15.5. The lowest BCUT2D eigenvalue weighted by Crippen LogP contribution is -2.26. The molecule has 0 saturated heterocycles. The van der Waals surface area contributed by atoms with Crippen molar-refractivity contribution in [3.05, 3.63) is 41.3 Å². The number of alkyl halides is 1. The lowest BCUT2D eigenvalue weighted by Gasteiger charge is -2.16. The van der Waals surface area contributed by atoms with E-state index < -0.39 is 5.67 Å². The number of amides is 1. The maximum atomic E-state index is 13.8. The average Bonchev–Trinajstić information content (AvgIpc) is 3.00. The Bertz CT molecular complexity index is 771. The Kier molecular flexibility index (Phi) is 4.67. The van der Waals surface area contributed by atoms with Gasteiger partial charge in [-0.3, -0.25) is 4.79 Å². The van der Waals surface area contributed by atoms with E-state index in [1.54, 1.807) is 13.8 Å². The molecule has 0 saturated carbocycles. The minimum Gasteiger partial charge on any atom is -0.318 e. The van der Waals surface area contributed by atoms with E-state index in [2.05, 4.69) is 11.9 Å². The number of nitrogens with zero attached hydrogens (tertiary/aromatic N) is 3. The minimum absolute atomic E-state index is 0.0126. The second kappa shape index (κ2) is 6.62. The molecular weight excluding hydrogens is 317 g/mol. The third kappa shape index (κ3) is 3.60. The van der Waals surface area contributed by atoms with Gasteiger partial charge >= 0.3 is 0 Å². The predicted octanol–water partition coefficient (Wildman–Crippen LogP) is 4.36. The normalized spacial score (nSPS) is 14.3. The summed E-state index contributed by atoms with van der Waals surface area (Å²) in [5, 5.41) is 0. The number of halogens is 1. The van der Waals surface area contributed by atoms with Crippen molar-refractivity contribution >= 4 is 5.91 Å². The van der Waals surface area contributed by atoms with Crippen LogP contribution in [0.1, 0.15) is 55.5 Å². The second-order valence-corrected chi connectivity index (χ2v) is 7.45. The first-order valence-corrected chi connectivity index (χ1v) is 8.95. The Morgan fingerprint density at radius 3 is 2.52 bits per heavy atom. The highest BCUT2D eigenvalue weighted by atomic mass is 19.1. The second-order valence-electron chi connectivity index (χ2n) is 7.45. The lowest BCUT2D eigenvalue weighted by atomic mass is 9.98. The van der Waals surface area contributed by atoms with E-state index in [0.29, 0.717) is 18.9 Å². The van der Waals surface area contributed by atoms with E-state index in [0.717, 1.165) is 41.9 Å².